The largest absolute Gasteiger partial charge is 0.365 e. The third-order valence-electron chi connectivity index (χ3n) is 3.90. The Morgan fingerprint density at radius 1 is 1.42 bits per heavy atom. The molecule has 0 spiro atoms. The van der Waals surface area contributed by atoms with E-state index in [0.29, 0.717) is 17.1 Å². The molecule has 1 fully saturated rings. The zero-order valence-corrected chi connectivity index (χ0v) is 11.0. The molecule has 1 amide bonds. The Balaban J connectivity index is 1.98. The molecule has 3 heterocycles. The first kappa shape index (κ1) is 12.2. The topological polar surface area (TPSA) is 63.6 Å². The lowest BCUT2D eigenvalue weighted by molar-refractivity contribution is 0.100. The second-order valence-electron chi connectivity index (χ2n) is 5.26. The zero-order valence-electron chi connectivity index (χ0n) is 11.0. The lowest BCUT2D eigenvalue weighted by atomic mass is 9.94. The molecule has 1 saturated heterocycles. The van der Waals surface area contributed by atoms with Gasteiger partial charge in [0.1, 0.15) is 5.65 Å². The van der Waals surface area contributed by atoms with Crippen LogP contribution in [0.5, 0.6) is 0 Å². The third kappa shape index (κ3) is 2.21. The number of primary amides is 1. The smallest absolute Gasteiger partial charge is 0.252 e. The minimum atomic E-state index is -0.425. The van der Waals surface area contributed by atoms with Gasteiger partial charge in [-0.25, -0.2) is 4.98 Å². The van der Waals surface area contributed by atoms with Crippen molar-refractivity contribution in [2.45, 2.75) is 18.8 Å². The Labute approximate surface area is 112 Å². The van der Waals surface area contributed by atoms with E-state index in [9.17, 15) is 4.79 Å². The van der Waals surface area contributed by atoms with Crippen molar-refractivity contribution in [3.63, 3.8) is 0 Å². The van der Waals surface area contributed by atoms with Gasteiger partial charge < -0.3 is 15.0 Å². The Morgan fingerprint density at radius 3 is 2.84 bits per heavy atom. The molecule has 100 valence electrons. The molecule has 19 heavy (non-hydrogen) atoms. The number of carbonyl (C=O) groups is 1. The molecule has 2 aromatic heterocycles. The summed E-state index contributed by atoms with van der Waals surface area (Å²) in [6.07, 6.45) is 6.17. The molecule has 5 nitrogen and oxygen atoms in total. The van der Waals surface area contributed by atoms with Gasteiger partial charge in [-0.2, -0.15) is 0 Å². The minimum Gasteiger partial charge on any atom is -0.365 e. The summed E-state index contributed by atoms with van der Waals surface area (Å²) in [5.41, 5.74) is 7.62. The molecule has 0 bridgehead atoms. The summed E-state index contributed by atoms with van der Waals surface area (Å²) in [7, 11) is 2.14. The summed E-state index contributed by atoms with van der Waals surface area (Å²) < 4.78 is 1.90. The van der Waals surface area contributed by atoms with Gasteiger partial charge >= 0.3 is 0 Å². The summed E-state index contributed by atoms with van der Waals surface area (Å²) in [4.78, 5) is 18.4. The second-order valence-corrected chi connectivity index (χ2v) is 5.26. The van der Waals surface area contributed by atoms with Crippen LogP contribution < -0.4 is 5.73 Å². The maximum atomic E-state index is 11.4. The van der Waals surface area contributed by atoms with Crippen LogP contribution in [0.2, 0.25) is 0 Å². The number of imidazole rings is 1. The highest BCUT2D eigenvalue weighted by Gasteiger charge is 2.21. The van der Waals surface area contributed by atoms with Crippen molar-refractivity contribution >= 4 is 11.6 Å². The van der Waals surface area contributed by atoms with Gasteiger partial charge in [-0.05, 0) is 45.1 Å². The molecule has 5 heteroatoms. The van der Waals surface area contributed by atoms with Gasteiger partial charge in [-0.1, -0.05) is 0 Å². The molecule has 0 radical (unpaired) electrons. The highest BCUT2D eigenvalue weighted by Crippen LogP contribution is 2.27. The standard InChI is InChI=1S/C14H18N4O/c1-17-7-4-10(5-8-17)12-9-18-6-2-3-11(13(15)19)14(18)16-12/h2-3,6,9-10H,4-5,7-8H2,1H3,(H2,15,19). The van der Waals surface area contributed by atoms with E-state index in [2.05, 4.69) is 16.9 Å². The van der Waals surface area contributed by atoms with Gasteiger partial charge in [-0.3, -0.25) is 4.79 Å². The zero-order chi connectivity index (χ0) is 13.4. The minimum absolute atomic E-state index is 0.425. The molecule has 1 aliphatic rings. The van der Waals surface area contributed by atoms with Gasteiger partial charge in [0.25, 0.3) is 5.91 Å². The monoisotopic (exact) mass is 258 g/mol. The van der Waals surface area contributed by atoms with E-state index in [1.165, 1.54) is 0 Å². The Kier molecular flexibility index (Phi) is 2.98. The predicted molar refractivity (Wildman–Crippen MR) is 73.2 cm³/mol. The fourth-order valence-corrected chi connectivity index (χ4v) is 2.73. The first-order valence-corrected chi connectivity index (χ1v) is 6.61. The molecule has 2 aromatic rings. The van der Waals surface area contributed by atoms with Gasteiger partial charge in [0.05, 0.1) is 11.3 Å². The van der Waals surface area contributed by atoms with Gasteiger partial charge in [0.15, 0.2) is 0 Å². The third-order valence-corrected chi connectivity index (χ3v) is 3.90. The van der Waals surface area contributed by atoms with E-state index in [1.807, 2.05) is 22.9 Å². The average Bonchev–Trinajstić information content (AvgIpc) is 2.82. The fourth-order valence-electron chi connectivity index (χ4n) is 2.73. The number of carbonyl (C=O) groups excluding carboxylic acids is 1. The number of rotatable bonds is 2. The van der Waals surface area contributed by atoms with Gasteiger partial charge in [0.2, 0.25) is 0 Å². The predicted octanol–water partition coefficient (Wildman–Crippen LogP) is 1.24. The van der Waals surface area contributed by atoms with E-state index in [1.54, 1.807) is 6.07 Å². The molecule has 2 N–H and O–H groups in total. The van der Waals surface area contributed by atoms with Gasteiger partial charge in [-0.15, -0.1) is 0 Å². The molecule has 0 atom stereocenters. The van der Waals surface area contributed by atoms with Crippen LogP contribution in [-0.4, -0.2) is 40.3 Å². The molecule has 0 saturated carbocycles. The van der Waals surface area contributed by atoms with Crippen molar-refractivity contribution in [2.24, 2.45) is 5.73 Å². The second kappa shape index (κ2) is 4.66. The Bertz CT molecular complexity index is 611. The van der Waals surface area contributed by atoms with E-state index in [-0.39, 0.29) is 0 Å². The number of fused-ring (bicyclic) bond motifs is 1. The van der Waals surface area contributed by atoms with Crippen molar-refractivity contribution in [3.05, 3.63) is 35.8 Å². The number of aromatic nitrogens is 2. The quantitative estimate of drug-likeness (QED) is 0.881. The number of amides is 1. The van der Waals surface area contributed by atoms with Crippen molar-refractivity contribution in [1.82, 2.24) is 14.3 Å². The summed E-state index contributed by atoms with van der Waals surface area (Å²) in [5, 5.41) is 0. The van der Waals surface area contributed by atoms with Crippen molar-refractivity contribution in [1.29, 1.82) is 0 Å². The molecule has 3 rings (SSSR count). The summed E-state index contributed by atoms with van der Waals surface area (Å²) in [6, 6.07) is 3.55. The summed E-state index contributed by atoms with van der Waals surface area (Å²) in [5.74, 6) is 0.0583. The van der Waals surface area contributed by atoms with Crippen LogP contribution in [0, 0.1) is 0 Å². The number of pyridine rings is 1. The number of nitrogens with zero attached hydrogens (tertiary/aromatic N) is 3. The Hall–Kier alpha value is -1.88. The van der Waals surface area contributed by atoms with Crippen LogP contribution in [0.15, 0.2) is 24.5 Å². The number of hydrogen-bond donors (Lipinski definition) is 1. The lowest BCUT2D eigenvalue weighted by Crippen LogP contribution is -2.29. The normalized spacial score (nSPS) is 17.9. The van der Waals surface area contributed by atoms with Crippen molar-refractivity contribution in [3.8, 4) is 0 Å². The highest BCUT2D eigenvalue weighted by atomic mass is 16.1. The lowest BCUT2D eigenvalue weighted by Gasteiger charge is -2.27. The van der Waals surface area contributed by atoms with Crippen LogP contribution >= 0.6 is 0 Å². The van der Waals surface area contributed by atoms with E-state index < -0.39 is 5.91 Å². The molecule has 0 aliphatic carbocycles. The van der Waals surface area contributed by atoms with E-state index in [4.69, 9.17) is 5.73 Å². The number of nitrogens with two attached hydrogens (primary N) is 1. The van der Waals surface area contributed by atoms with E-state index >= 15 is 0 Å². The summed E-state index contributed by atoms with van der Waals surface area (Å²) in [6.45, 7) is 2.20. The molecular formula is C14H18N4O. The molecular weight excluding hydrogens is 240 g/mol. The number of hydrogen-bond acceptors (Lipinski definition) is 3. The van der Waals surface area contributed by atoms with Crippen LogP contribution in [0.25, 0.3) is 5.65 Å². The van der Waals surface area contributed by atoms with Crippen LogP contribution in [0.1, 0.15) is 34.8 Å². The van der Waals surface area contributed by atoms with E-state index in [0.717, 1.165) is 31.6 Å². The highest BCUT2D eigenvalue weighted by molar-refractivity contribution is 5.98. The van der Waals surface area contributed by atoms with Crippen LogP contribution in [0.4, 0.5) is 0 Å². The SMILES string of the molecule is CN1CCC(c2cn3cccc(C(N)=O)c3n2)CC1. The Morgan fingerprint density at radius 2 is 2.16 bits per heavy atom. The van der Waals surface area contributed by atoms with Crippen molar-refractivity contribution in [2.75, 3.05) is 20.1 Å². The first-order valence-electron chi connectivity index (χ1n) is 6.61. The van der Waals surface area contributed by atoms with Crippen LogP contribution in [-0.2, 0) is 0 Å². The molecule has 0 unspecified atom stereocenters. The first-order chi connectivity index (χ1) is 9.15. The molecule has 1 aliphatic heterocycles. The average molecular weight is 258 g/mol. The maximum absolute atomic E-state index is 11.4. The maximum Gasteiger partial charge on any atom is 0.252 e. The number of piperidine rings is 1. The van der Waals surface area contributed by atoms with Crippen LogP contribution in [0.3, 0.4) is 0 Å². The van der Waals surface area contributed by atoms with Crippen molar-refractivity contribution < 1.29 is 4.79 Å². The van der Waals surface area contributed by atoms with Gasteiger partial charge in [0, 0.05) is 18.3 Å². The molecule has 0 aromatic carbocycles. The number of likely N-dealkylation sites (tertiary alicyclic amines) is 1. The summed E-state index contributed by atoms with van der Waals surface area (Å²) >= 11 is 0. The fraction of sp³-hybridized carbons (Fsp3) is 0.429.